The zero-order valence-electron chi connectivity index (χ0n) is 14.5. The van der Waals surface area contributed by atoms with Gasteiger partial charge in [0.15, 0.2) is 0 Å². The molecular formula is C17H28N4O2. The molecule has 0 N–H and O–H groups in total. The van der Waals surface area contributed by atoms with Crippen molar-refractivity contribution in [1.29, 1.82) is 0 Å². The number of nitrogens with zero attached hydrogens (tertiary/aromatic N) is 4. The van der Waals surface area contributed by atoms with Crippen LogP contribution in [0.3, 0.4) is 0 Å². The normalized spacial score (nSPS) is 20.7. The molecule has 23 heavy (non-hydrogen) atoms. The molecule has 3 rings (SSSR count). The highest BCUT2D eigenvalue weighted by Crippen LogP contribution is 2.32. The third-order valence-electron chi connectivity index (χ3n) is 5.08. The van der Waals surface area contributed by atoms with E-state index in [9.17, 15) is 4.79 Å². The second-order valence-electron chi connectivity index (χ2n) is 6.91. The molecule has 2 aliphatic rings. The van der Waals surface area contributed by atoms with Crippen LogP contribution in [0, 0.1) is 6.92 Å². The molecule has 6 heteroatoms. The largest absolute Gasteiger partial charge is 0.381 e. The number of likely N-dealkylation sites (tertiary alicyclic amines) is 1. The Bertz CT molecular complexity index is 541. The first-order valence-corrected chi connectivity index (χ1v) is 8.65. The lowest BCUT2D eigenvalue weighted by Crippen LogP contribution is -2.44. The van der Waals surface area contributed by atoms with Crippen molar-refractivity contribution >= 4 is 6.03 Å². The fourth-order valence-electron chi connectivity index (χ4n) is 3.80. The maximum absolute atomic E-state index is 12.1. The maximum atomic E-state index is 12.1. The quantitative estimate of drug-likeness (QED) is 0.841. The number of hydrogen-bond donors (Lipinski definition) is 0. The van der Waals surface area contributed by atoms with Gasteiger partial charge in [-0.1, -0.05) is 0 Å². The van der Waals surface area contributed by atoms with Crippen LogP contribution in [-0.2, 0) is 4.74 Å². The van der Waals surface area contributed by atoms with E-state index in [1.54, 1.807) is 4.90 Å². The Labute approximate surface area is 138 Å². The number of imidazole rings is 1. The van der Waals surface area contributed by atoms with E-state index in [0.29, 0.717) is 12.0 Å². The number of rotatable bonds is 2. The van der Waals surface area contributed by atoms with E-state index in [1.807, 2.05) is 25.2 Å². The van der Waals surface area contributed by atoms with Crippen LogP contribution in [0.4, 0.5) is 4.79 Å². The van der Waals surface area contributed by atoms with Crippen LogP contribution in [0.5, 0.6) is 0 Å². The second-order valence-corrected chi connectivity index (χ2v) is 6.91. The van der Waals surface area contributed by atoms with Gasteiger partial charge >= 0.3 is 6.03 Å². The van der Waals surface area contributed by atoms with E-state index < -0.39 is 0 Å². The lowest BCUT2D eigenvalue weighted by molar-refractivity contribution is 0.0816. The van der Waals surface area contributed by atoms with Gasteiger partial charge in [-0.25, -0.2) is 9.78 Å². The molecule has 0 aromatic carbocycles. The molecule has 0 bridgehead atoms. The first-order valence-electron chi connectivity index (χ1n) is 8.65. The lowest BCUT2D eigenvalue weighted by Gasteiger charge is -2.36. The zero-order valence-corrected chi connectivity index (χ0v) is 14.5. The van der Waals surface area contributed by atoms with Gasteiger partial charge in [0, 0.05) is 64.2 Å². The smallest absolute Gasteiger partial charge is 0.319 e. The maximum Gasteiger partial charge on any atom is 0.319 e. The third-order valence-corrected chi connectivity index (χ3v) is 5.08. The van der Waals surface area contributed by atoms with Crippen molar-refractivity contribution in [1.82, 2.24) is 19.4 Å². The second kappa shape index (κ2) is 6.91. The molecule has 6 nitrogen and oxygen atoms in total. The molecule has 0 unspecified atom stereocenters. The fraction of sp³-hybridized carbons (Fsp3) is 0.765. The Hall–Kier alpha value is -1.56. The predicted molar refractivity (Wildman–Crippen MR) is 88.7 cm³/mol. The Kier molecular flexibility index (Phi) is 4.90. The minimum atomic E-state index is 0.121. The van der Waals surface area contributed by atoms with Gasteiger partial charge in [0.05, 0.1) is 0 Å². The van der Waals surface area contributed by atoms with E-state index in [2.05, 4.69) is 11.5 Å². The highest BCUT2D eigenvalue weighted by Gasteiger charge is 2.29. The number of hydrogen-bond acceptors (Lipinski definition) is 3. The van der Waals surface area contributed by atoms with Crippen LogP contribution < -0.4 is 0 Å². The molecule has 1 aromatic rings. The molecule has 0 radical (unpaired) electrons. The number of carbonyl (C=O) groups is 1. The molecule has 2 aliphatic heterocycles. The van der Waals surface area contributed by atoms with Crippen molar-refractivity contribution in [3.8, 4) is 0 Å². The van der Waals surface area contributed by atoms with E-state index in [4.69, 9.17) is 9.72 Å². The van der Waals surface area contributed by atoms with Crippen molar-refractivity contribution in [2.45, 2.75) is 44.6 Å². The molecular weight excluding hydrogens is 292 g/mol. The highest BCUT2D eigenvalue weighted by molar-refractivity contribution is 5.73. The van der Waals surface area contributed by atoms with E-state index >= 15 is 0 Å². The van der Waals surface area contributed by atoms with Crippen molar-refractivity contribution in [3.63, 3.8) is 0 Å². The van der Waals surface area contributed by atoms with Crippen LogP contribution in [0.25, 0.3) is 0 Å². The summed E-state index contributed by atoms with van der Waals surface area (Å²) in [5, 5.41) is 0. The first-order chi connectivity index (χ1) is 11.1. The minimum absolute atomic E-state index is 0.121. The van der Waals surface area contributed by atoms with E-state index in [-0.39, 0.29) is 6.03 Å². The summed E-state index contributed by atoms with van der Waals surface area (Å²) in [5.41, 5.74) is 1.24. The molecule has 0 atom stereocenters. The predicted octanol–water partition coefficient (Wildman–Crippen LogP) is 2.40. The summed E-state index contributed by atoms with van der Waals surface area (Å²) in [6.07, 6.45) is 6.14. The standard InChI is InChI=1S/C17H28N4O2/c1-13-12-18-16(14-6-10-23-11-7-14)21(13)15-4-8-20(9-5-15)17(22)19(2)3/h12,14-15H,4-11H2,1-3H3. The number of ether oxygens (including phenoxy) is 1. The average molecular weight is 320 g/mol. The Morgan fingerprint density at radius 1 is 1.22 bits per heavy atom. The number of carbonyl (C=O) groups excluding carboxylic acids is 1. The van der Waals surface area contributed by atoms with Crippen LogP contribution in [-0.4, -0.2) is 65.8 Å². The van der Waals surface area contributed by atoms with Gasteiger partial charge in [0.2, 0.25) is 0 Å². The fourth-order valence-corrected chi connectivity index (χ4v) is 3.80. The first kappa shape index (κ1) is 16.3. The molecule has 3 heterocycles. The summed E-state index contributed by atoms with van der Waals surface area (Å²) in [7, 11) is 3.63. The molecule has 0 saturated carbocycles. The number of amides is 2. The van der Waals surface area contributed by atoms with Gasteiger partial charge < -0.3 is 19.1 Å². The Morgan fingerprint density at radius 3 is 2.48 bits per heavy atom. The Morgan fingerprint density at radius 2 is 1.87 bits per heavy atom. The summed E-state index contributed by atoms with van der Waals surface area (Å²) in [4.78, 5) is 20.4. The zero-order chi connectivity index (χ0) is 16.4. The third kappa shape index (κ3) is 3.37. The van der Waals surface area contributed by atoms with Gasteiger partial charge in [-0.05, 0) is 32.6 Å². The number of aryl methyl sites for hydroxylation is 1. The minimum Gasteiger partial charge on any atom is -0.381 e. The van der Waals surface area contributed by atoms with Crippen LogP contribution in [0.2, 0.25) is 0 Å². The van der Waals surface area contributed by atoms with Gasteiger partial charge in [-0.2, -0.15) is 0 Å². The Balaban J connectivity index is 1.71. The summed E-state index contributed by atoms with van der Waals surface area (Å²) >= 11 is 0. The summed E-state index contributed by atoms with van der Waals surface area (Å²) < 4.78 is 7.93. The van der Waals surface area contributed by atoms with Gasteiger partial charge in [-0.15, -0.1) is 0 Å². The van der Waals surface area contributed by atoms with Gasteiger partial charge in [0.25, 0.3) is 0 Å². The molecule has 2 amide bonds. The summed E-state index contributed by atoms with van der Waals surface area (Å²) in [5.74, 6) is 1.74. The number of piperidine rings is 1. The van der Waals surface area contributed by atoms with Gasteiger partial charge in [0.1, 0.15) is 5.82 Å². The van der Waals surface area contributed by atoms with Crippen molar-refractivity contribution in [3.05, 3.63) is 17.7 Å². The number of aromatic nitrogens is 2. The van der Waals surface area contributed by atoms with Crippen molar-refractivity contribution in [2.75, 3.05) is 40.4 Å². The summed E-state index contributed by atoms with van der Waals surface area (Å²) in [6, 6.07) is 0.581. The average Bonchev–Trinajstić information content (AvgIpc) is 2.96. The topological polar surface area (TPSA) is 50.6 Å². The van der Waals surface area contributed by atoms with Crippen LogP contribution in [0.1, 0.15) is 49.2 Å². The monoisotopic (exact) mass is 320 g/mol. The number of urea groups is 1. The van der Waals surface area contributed by atoms with E-state index in [0.717, 1.165) is 52.0 Å². The molecule has 0 spiro atoms. The summed E-state index contributed by atoms with van der Waals surface area (Å²) in [6.45, 7) is 5.48. The van der Waals surface area contributed by atoms with E-state index in [1.165, 1.54) is 11.5 Å². The molecule has 2 saturated heterocycles. The lowest BCUT2D eigenvalue weighted by atomic mass is 9.97. The van der Waals surface area contributed by atoms with Crippen LogP contribution >= 0.6 is 0 Å². The van der Waals surface area contributed by atoms with Crippen molar-refractivity contribution < 1.29 is 9.53 Å². The highest BCUT2D eigenvalue weighted by atomic mass is 16.5. The van der Waals surface area contributed by atoms with Crippen molar-refractivity contribution in [2.24, 2.45) is 0 Å². The van der Waals surface area contributed by atoms with Gasteiger partial charge in [-0.3, -0.25) is 0 Å². The molecule has 1 aromatic heterocycles. The van der Waals surface area contributed by atoms with Crippen LogP contribution in [0.15, 0.2) is 6.20 Å². The molecule has 128 valence electrons. The molecule has 0 aliphatic carbocycles. The molecule has 2 fully saturated rings. The SMILES string of the molecule is Cc1cnc(C2CCOCC2)n1C1CCN(C(=O)N(C)C)CC1.